The molecule has 0 unspecified atom stereocenters. The van der Waals surface area contributed by atoms with Crippen LogP contribution in [0.1, 0.15) is 22.8 Å². The van der Waals surface area contributed by atoms with Gasteiger partial charge in [-0.2, -0.15) is 0 Å². The van der Waals surface area contributed by atoms with E-state index in [0.717, 1.165) is 16.7 Å². The maximum atomic E-state index is 12.5. The Labute approximate surface area is 140 Å². The minimum atomic E-state index is 0.0140. The number of aromatic nitrogens is 1. The third-order valence-corrected chi connectivity index (χ3v) is 3.42. The number of fused-ring (bicyclic) bond motifs is 1. The summed E-state index contributed by atoms with van der Waals surface area (Å²) in [7, 11) is 1.61. The summed E-state index contributed by atoms with van der Waals surface area (Å²) in [6.45, 7) is 2.66. The molecule has 2 aromatic carbocycles. The molecular formula is C19H19NO4. The van der Waals surface area contributed by atoms with Gasteiger partial charge in [-0.25, -0.2) is 0 Å². The predicted octanol–water partition coefficient (Wildman–Crippen LogP) is 3.59. The monoisotopic (exact) mass is 325 g/mol. The van der Waals surface area contributed by atoms with E-state index in [4.69, 9.17) is 4.74 Å². The van der Waals surface area contributed by atoms with Crippen LogP contribution in [0.5, 0.6) is 5.75 Å². The van der Waals surface area contributed by atoms with Crippen molar-refractivity contribution < 1.29 is 19.1 Å². The lowest BCUT2D eigenvalue weighted by molar-refractivity contribution is -0.128. The first kappa shape index (κ1) is 17.3. The Bertz CT molecular complexity index is 806. The molecule has 1 aromatic heterocycles. The van der Waals surface area contributed by atoms with E-state index in [1.54, 1.807) is 44.5 Å². The van der Waals surface area contributed by atoms with Crippen molar-refractivity contribution in [3.8, 4) is 5.75 Å². The molecule has 0 spiro atoms. The van der Waals surface area contributed by atoms with Crippen molar-refractivity contribution in [1.82, 2.24) is 4.98 Å². The fraction of sp³-hybridized carbons (Fsp3) is 0.158. The Hall–Kier alpha value is -3.08. The Morgan fingerprint density at radius 3 is 2.42 bits per heavy atom. The van der Waals surface area contributed by atoms with Gasteiger partial charge in [-0.3, -0.25) is 9.59 Å². The number of para-hydroxylation sites is 1. The highest BCUT2D eigenvalue weighted by molar-refractivity contribution is 6.16. The standard InChI is InChI=1S/C16H13NO2.C3H6O2/c1-19-12-8-6-11(7-9-12)16(18)14-10-17-15-5-3-2-4-13(14)15;1-2-5-3-4/h2-10,17H,1H3;3H,2H2,1H3. The lowest BCUT2D eigenvalue weighted by atomic mass is 10.0. The molecule has 124 valence electrons. The van der Waals surface area contributed by atoms with Crippen molar-refractivity contribution in [3.05, 3.63) is 65.9 Å². The summed E-state index contributed by atoms with van der Waals surface area (Å²) in [5, 5.41) is 0.948. The number of hydrogen-bond donors (Lipinski definition) is 1. The number of rotatable bonds is 5. The summed E-state index contributed by atoms with van der Waals surface area (Å²) in [6.07, 6.45) is 1.76. The highest BCUT2D eigenvalue weighted by Crippen LogP contribution is 2.21. The molecule has 0 aliphatic heterocycles. The van der Waals surface area contributed by atoms with Crippen molar-refractivity contribution in [2.45, 2.75) is 6.92 Å². The molecule has 3 rings (SSSR count). The van der Waals surface area contributed by atoms with Gasteiger partial charge in [-0.05, 0) is 37.3 Å². The van der Waals surface area contributed by atoms with Gasteiger partial charge < -0.3 is 14.5 Å². The number of carbonyl (C=O) groups excluding carboxylic acids is 2. The van der Waals surface area contributed by atoms with Gasteiger partial charge in [-0.15, -0.1) is 0 Å². The minimum absolute atomic E-state index is 0.0140. The fourth-order valence-electron chi connectivity index (χ4n) is 2.23. The molecule has 5 heteroatoms. The molecule has 0 bridgehead atoms. The lowest BCUT2D eigenvalue weighted by Gasteiger charge is -2.02. The normalized spacial score (nSPS) is 9.75. The van der Waals surface area contributed by atoms with Crippen LogP contribution in [0.4, 0.5) is 0 Å². The van der Waals surface area contributed by atoms with Crippen LogP contribution >= 0.6 is 0 Å². The Kier molecular flexibility index (Phi) is 6.14. The van der Waals surface area contributed by atoms with Gasteiger partial charge >= 0.3 is 0 Å². The van der Waals surface area contributed by atoms with Crippen LogP contribution < -0.4 is 4.74 Å². The van der Waals surface area contributed by atoms with Crippen LogP contribution in [0, 0.1) is 0 Å². The van der Waals surface area contributed by atoms with Gasteiger partial charge in [0.25, 0.3) is 6.47 Å². The van der Waals surface area contributed by atoms with E-state index in [1.807, 2.05) is 24.3 Å². The number of hydrogen-bond acceptors (Lipinski definition) is 4. The van der Waals surface area contributed by atoms with E-state index in [9.17, 15) is 9.59 Å². The maximum Gasteiger partial charge on any atom is 0.293 e. The first-order valence-electron chi connectivity index (χ1n) is 7.51. The molecule has 1 N–H and O–H groups in total. The number of carbonyl (C=O) groups is 2. The van der Waals surface area contributed by atoms with Crippen LogP contribution in [0.3, 0.4) is 0 Å². The number of methoxy groups -OCH3 is 1. The second-order valence-electron chi connectivity index (χ2n) is 4.86. The molecule has 0 aliphatic rings. The van der Waals surface area contributed by atoms with Crippen LogP contribution in [-0.2, 0) is 9.53 Å². The number of ether oxygens (including phenoxy) is 2. The topological polar surface area (TPSA) is 68.4 Å². The molecule has 1 heterocycles. The largest absolute Gasteiger partial charge is 0.497 e. The van der Waals surface area contributed by atoms with Gasteiger partial charge in [0.15, 0.2) is 5.78 Å². The summed E-state index contributed by atoms with van der Waals surface area (Å²) >= 11 is 0. The van der Waals surface area contributed by atoms with E-state index in [-0.39, 0.29) is 5.78 Å². The molecule has 24 heavy (non-hydrogen) atoms. The van der Waals surface area contributed by atoms with Gasteiger partial charge in [0.05, 0.1) is 13.7 Å². The Morgan fingerprint density at radius 1 is 1.12 bits per heavy atom. The van der Waals surface area contributed by atoms with Crippen LogP contribution in [0.15, 0.2) is 54.7 Å². The van der Waals surface area contributed by atoms with Crippen molar-refractivity contribution in [2.75, 3.05) is 13.7 Å². The maximum absolute atomic E-state index is 12.5. The number of aromatic amines is 1. The molecule has 0 saturated heterocycles. The summed E-state index contributed by atoms with van der Waals surface area (Å²) in [6, 6.07) is 14.9. The van der Waals surface area contributed by atoms with Crippen molar-refractivity contribution in [3.63, 3.8) is 0 Å². The summed E-state index contributed by atoms with van der Waals surface area (Å²) in [5.74, 6) is 0.760. The number of nitrogens with one attached hydrogen (secondary N) is 1. The second kappa shape index (κ2) is 8.53. The van der Waals surface area contributed by atoms with E-state index >= 15 is 0 Å². The molecule has 3 aromatic rings. The highest BCUT2D eigenvalue weighted by atomic mass is 16.5. The van der Waals surface area contributed by atoms with Crippen LogP contribution in [0.25, 0.3) is 10.9 Å². The Morgan fingerprint density at radius 2 is 1.83 bits per heavy atom. The SMILES string of the molecule is CCOC=O.COc1ccc(C(=O)c2c[nH]c3ccccc23)cc1. The van der Waals surface area contributed by atoms with E-state index in [1.165, 1.54) is 0 Å². The highest BCUT2D eigenvalue weighted by Gasteiger charge is 2.13. The Balaban J connectivity index is 0.000000368. The molecular weight excluding hydrogens is 306 g/mol. The third-order valence-electron chi connectivity index (χ3n) is 3.42. The zero-order chi connectivity index (χ0) is 17.4. The first-order valence-corrected chi connectivity index (χ1v) is 7.51. The average molecular weight is 325 g/mol. The van der Waals surface area contributed by atoms with Gasteiger partial charge in [0, 0.05) is 28.2 Å². The first-order chi connectivity index (χ1) is 11.7. The fourth-order valence-corrected chi connectivity index (χ4v) is 2.23. The van der Waals surface area contributed by atoms with Crippen LogP contribution in [-0.4, -0.2) is 31.0 Å². The number of H-pyrrole nitrogens is 1. The van der Waals surface area contributed by atoms with E-state index < -0.39 is 0 Å². The molecule has 0 aliphatic carbocycles. The van der Waals surface area contributed by atoms with Crippen molar-refractivity contribution in [1.29, 1.82) is 0 Å². The van der Waals surface area contributed by atoms with Crippen molar-refractivity contribution >= 4 is 23.2 Å². The average Bonchev–Trinajstić information content (AvgIpc) is 3.06. The quantitative estimate of drug-likeness (QED) is 0.575. The molecule has 0 radical (unpaired) electrons. The summed E-state index contributed by atoms with van der Waals surface area (Å²) in [4.78, 5) is 24.8. The summed E-state index contributed by atoms with van der Waals surface area (Å²) < 4.78 is 9.25. The summed E-state index contributed by atoms with van der Waals surface area (Å²) in [5.41, 5.74) is 2.32. The number of benzene rings is 2. The molecule has 0 saturated carbocycles. The van der Waals surface area contributed by atoms with Gasteiger partial charge in [-0.1, -0.05) is 18.2 Å². The van der Waals surface area contributed by atoms with Gasteiger partial charge in [0.2, 0.25) is 0 Å². The zero-order valence-corrected chi connectivity index (χ0v) is 13.6. The van der Waals surface area contributed by atoms with Gasteiger partial charge in [0.1, 0.15) is 5.75 Å². The lowest BCUT2D eigenvalue weighted by Crippen LogP contribution is -2.00. The van der Waals surface area contributed by atoms with E-state index in [2.05, 4.69) is 9.72 Å². The zero-order valence-electron chi connectivity index (χ0n) is 13.6. The smallest absolute Gasteiger partial charge is 0.293 e. The molecule has 5 nitrogen and oxygen atoms in total. The minimum Gasteiger partial charge on any atom is -0.497 e. The number of ketones is 1. The second-order valence-corrected chi connectivity index (χ2v) is 4.86. The predicted molar refractivity (Wildman–Crippen MR) is 92.4 cm³/mol. The van der Waals surface area contributed by atoms with E-state index in [0.29, 0.717) is 24.2 Å². The molecule has 0 atom stereocenters. The molecule has 0 amide bonds. The third kappa shape index (κ3) is 4.01. The molecule has 0 fully saturated rings. The van der Waals surface area contributed by atoms with Crippen molar-refractivity contribution in [2.24, 2.45) is 0 Å². The van der Waals surface area contributed by atoms with Crippen LogP contribution in [0.2, 0.25) is 0 Å².